The first-order valence-electron chi connectivity index (χ1n) is 9.14. The smallest absolute Gasteiger partial charge is 0.338 e. The molecule has 0 saturated carbocycles. The molecular formula is C25H17BrO2. The zero-order chi connectivity index (χ0) is 19.4. The summed E-state index contributed by atoms with van der Waals surface area (Å²) >= 11 is 3.66. The van der Waals surface area contributed by atoms with Crippen molar-refractivity contribution in [2.75, 3.05) is 7.11 Å². The zero-order valence-corrected chi connectivity index (χ0v) is 17.1. The Kier molecular flexibility index (Phi) is 3.88. The summed E-state index contributed by atoms with van der Waals surface area (Å²) in [6.07, 6.45) is 0. The monoisotopic (exact) mass is 428 g/mol. The van der Waals surface area contributed by atoms with Gasteiger partial charge in [-0.25, -0.2) is 4.79 Å². The van der Waals surface area contributed by atoms with E-state index in [0.29, 0.717) is 5.56 Å². The largest absolute Gasteiger partial charge is 0.465 e. The fourth-order valence-electron chi connectivity index (χ4n) is 4.16. The lowest BCUT2D eigenvalue weighted by atomic mass is 9.90. The van der Waals surface area contributed by atoms with E-state index in [-0.39, 0.29) is 5.97 Å². The zero-order valence-electron chi connectivity index (χ0n) is 15.5. The van der Waals surface area contributed by atoms with Gasteiger partial charge in [-0.3, -0.25) is 0 Å². The van der Waals surface area contributed by atoms with E-state index in [9.17, 15) is 4.79 Å². The molecule has 0 atom stereocenters. The quantitative estimate of drug-likeness (QED) is 0.209. The maximum atomic E-state index is 12.6. The number of carbonyl (C=O) groups is 1. The Morgan fingerprint density at radius 1 is 0.750 bits per heavy atom. The van der Waals surface area contributed by atoms with Crippen LogP contribution in [-0.4, -0.2) is 13.1 Å². The highest BCUT2D eigenvalue weighted by Gasteiger charge is 2.17. The molecule has 3 heteroatoms. The Hall–Kier alpha value is -2.91. The summed E-state index contributed by atoms with van der Waals surface area (Å²) in [4.78, 5) is 12.6. The van der Waals surface area contributed by atoms with Crippen molar-refractivity contribution in [3.63, 3.8) is 0 Å². The number of aryl methyl sites for hydroxylation is 1. The van der Waals surface area contributed by atoms with Gasteiger partial charge in [-0.2, -0.15) is 0 Å². The molecule has 0 unspecified atom stereocenters. The van der Waals surface area contributed by atoms with Crippen LogP contribution in [0.2, 0.25) is 0 Å². The van der Waals surface area contributed by atoms with Gasteiger partial charge in [-0.05, 0) is 56.8 Å². The van der Waals surface area contributed by atoms with Crippen LogP contribution in [0, 0.1) is 6.92 Å². The molecular weight excluding hydrogens is 412 g/mol. The van der Waals surface area contributed by atoms with E-state index in [0.717, 1.165) is 31.4 Å². The highest BCUT2D eigenvalue weighted by Crippen LogP contribution is 2.40. The number of ether oxygens (including phenoxy) is 1. The maximum absolute atomic E-state index is 12.6. The van der Waals surface area contributed by atoms with Crippen LogP contribution in [0.15, 0.2) is 71.2 Å². The lowest BCUT2D eigenvalue weighted by Crippen LogP contribution is -2.02. The molecule has 0 amide bonds. The van der Waals surface area contributed by atoms with E-state index in [2.05, 4.69) is 77.5 Å². The van der Waals surface area contributed by atoms with Crippen molar-refractivity contribution in [2.24, 2.45) is 0 Å². The molecule has 0 spiro atoms. The Balaban J connectivity index is 2.15. The Bertz CT molecular complexity index is 1430. The molecule has 0 aromatic heterocycles. The van der Waals surface area contributed by atoms with Gasteiger partial charge in [-0.15, -0.1) is 0 Å². The van der Waals surface area contributed by atoms with E-state index in [1.54, 1.807) is 0 Å². The van der Waals surface area contributed by atoms with E-state index >= 15 is 0 Å². The summed E-state index contributed by atoms with van der Waals surface area (Å²) in [6.45, 7) is 2.11. The highest BCUT2D eigenvalue weighted by molar-refractivity contribution is 9.10. The number of fused-ring (bicyclic) bond motifs is 7. The molecule has 0 fully saturated rings. The molecule has 0 saturated heterocycles. The molecule has 0 N–H and O–H groups in total. The number of benzene rings is 5. The normalized spacial score (nSPS) is 11.5. The number of esters is 1. The Morgan fingerprint density at radius 3 is 2.14 bits per heavy atom. The number of rotatable bonds is 1. The third kappa shape index (κ3) is 2.43. The summed E-state index contributed by atoms with van der Waals surface area (Å²) in [5, 5.41) is 8.86. The fourth-order valence-corrected chi connectivity index (χ4v) is 4.63. The van der Waals surface area contributed by atoms with Gasteiger partial charge in [0.15, 0.2) is 0 Å². The minimum Gasteiger partial charge on any atom is -0.465 e. The lowest BCUT2D eigenvalue weighted by molar-refractivity contribution is 0.0603. The van der Waals surface area contributed by atoms with Crippen molar-refractivity contribution < 1.29 is 9.53 Å². The second-order valence-corrected chi connectivity index (χ2v) is 7.98. The first-order valence-corrected chi connectivity index (χ1v) is 9.93. The standard InChI is InChI=1S/C25H17BrO2/c1-14-3-4-15-5-6-16-7-8-17-9-10-18-21(26)12-11-19(25(27)28-2)24(18)23(17)22(16)20(15)13-14/h3-13H,1-2H3. The summed E-state index contributed by atoms with van der Waals surface area (Å²) in [5.41, 5.74) is 1.80. The first kappa shape index (κ1) is 17.2. The van der Waals surface area contributed by atoms with Gasteiger partial charge in [0.1, 0.15) is 0 Å². The van der Waals surface area contributed by atoms with Gasteiger partial charge in [0.05, 0.1) is 12.7 Å². The van der Waals surface area contributed by atoms with Crippen LogP contribution in [0.3, 0.4) is 0 Å². The van der Waals surface area contributed by atoms with E-state index in [1.807, 2.05) is 12.1 Å². The fraction of sp³-hybridized carbons (Fsp3) is 0.0800. The molecule has 0 bridgehead atoms. The van der Waals surface area contributed by atoms with E-state index in [4.69, 9.17) is 4.74 Å². The van der Waals surface area contributed by atoms with Crippen molar-refractivity contribution in [1.29, 1.82) is 0 Å². The number of hydrogen-bond acceptors (Lipinski definition) is 2. The molecule has 2 nitrogen and oxygen atoms in total. The van der Waals surface area contributed by atoms with Gasteiger partial charge in [0, 0.05) is 9.86 Å². The van der Waals surface area contributed by atoms with Crippen LogP contribution in [0.4, 0.5) is 0 Å². The van der Waals surface area contributed by atoms with Crippen LogP contribution < -0.4 is 0 Å². The number of hydrogen-bond donors (Lipinski definition) is 0. The average molecular weight is 429 g/mol. The second kappa shape index (κ2) is 6.32. The summed E-state index contributed by atoms with van der Waals surface area (Å²) in [5.74, 6) is -0.321. The average Bonchev–Trinajstić information content (AvgIpc) is 2.72. The molecule has 5 aromatic carbocycles. The minimum absolute atomic E-state index is 0.321. The van der Waals surface area contributed by atoms with Crippen molar-refractivity contribution in [2.45, 2.75) is 6.92 Å². The van der Waals surface area contributed by atoms with Gasteiger partial charge in [0.25, 0.3) is 0 Å². The van der Waals surface area contributed by atoms with Crippen LogP contribution >= 0.6 is 15.9 Å². The van der Waals surface area contributed by atoms with Crippen LogP contribution in [0.5, 0.6) is 0 Å². The summed E-state index contributed by atoms with van der Waals surface area (Å²) in [6, 6.07) is 23.0. The summed E-state index contributed by atoms with van der Waals surface area (Å²) in [7, 11) is 1.43. The molecule has 0 radical (unpaired) electrons. The van der Waals surface area contributed by atoms with Gasteiger partial charge in [-0.1, -0.05) is 76.1 Å². The topological polar surface area (TPSA) is 26.3 Å². The molecule has 0 aliphatic carbocycles. The molecule has 5 rings (SSSR count). The predicted molar refractivity (Wildman–Crippen MR) is 120 cm³/mol. The number of carbonyl (C=O) groups excluding carboxylic acids is 1. The molecule has 0 aliphatic rings. The van der Waals surface area contributed by atoms with Crippen LogP contribution in [0.25, 0.3) is 43.1 Å². The van der Waals surface area contributed by atoms with Crippen molar-refractivity contribution in [1.82, 2.24) is 0 Å². The van der Waals surface area contributed by atoms with E-state index < -0.39 is 0 Å². The third-order valence-corrected chi connectivity index (χ3v) is 6.16. The molecule has 0 heterocycles. The molecule has 136 valence electrons. The number of halogens is 1. The second-order valence-electron chi connectivity index (χ2n) is 7.13. The van der Waals surface area contributed by atoms with E-state index in [1.165, 1.54) is 28.8 Å². The predicted octanol–water partition coefficient (Wildman–Crippen LogP) is 7.16. The van der Waals surface area contributed by atoms with Crippen molar-refractivity contribution in [3.05, 3.63) is 82.3 Å². The summed E-state index contributed by atoms with van der Waals surface area (Å²) < 4.78 is 6.06. The van der Waals surface area contributed by atoms with Crippen molar-refractivity contribution >= 4 is 65.0 Å². The van der Waals surface area contributed by atoms with Crippen molar-refractivity contribution in [3.8, 4) is 0 Å². The van der Waals surface area contributed by atoms with Gasteiger partial charge >= 0.3 is 5.97 Å². The molecule has 28 heavy (non-hydrogen) atoms. The third-order valence-electron chi connectivity index (χ3n) is 5.47. The van der Waals surface area contributed by atoms with Gasteiger partial charge < -0.3 is 4.74 Å². The van der Waals surface area contributed by atoms with Gasteiger partial charge in [0.2, 0.25) is 0 Å². The highest BCUT2D eigenvalue weighted by atomic mass is 79.9. The molecule has 0 aliphatic heterocycles. The first-order chi connectivity index (χ1) is 13.6. The SMILES string of the molecule is COC(=O)c1ccc(Br)c2ccc3ccc4ccc5ccc(C)cc5c4c3c12. The Morgan fingerprint density at radius 2 is 1.39 bits per heavy atom. The number of methoxy groups -OCH3 is 1. The Labute approximate surface area is 170 Å². The maximum Gasteiger partial charge on any atom is 0.338 e. The molecule has 5 aromatic rings. The minimum atomic E-state index is -0.321. The lowest BCUT2D eigenvalue weighted by Gasteiger charge is -2.14. The van der Waals surface area contributed by atoms with Crippen LogP contribution in [0.1, 0.15) is 15.9 Å². The van der Waals surface area contributed by atoms with Crippen LogP contribution in [-0.2, 0) is 4.74 Å².